The van der Waals surface area contributed by atoms with Gasteiger partial charge in [0.2, 0.25) is 23.6 Å². The quantitative estimate of drug-likeness (QED) is 0.102. The Hall–Kier alpha value is -2.77. The van der Waals surface area contributed by atoms with Crippen molar-refractivity contribution in [3.63, 3.8) is 0 Å². The highest BCUT2D eigenvalue weighted by atomic mass is 16.4. The third kappa shape index (κ3) is 12.5. The number of carbonyl (C=O) groups excluding carboxylic acids is 4. The summed E-state index contributed by atoms with van der Waals surface area (Å²) in [5.74, 6) is -4.16. The summed E-state index contributed by atoms with van der Waals surface area (Å²) in [6, 6.07) is -4.75. The predicted molar refractivity (Wildman–Crippen MR) is 124 cm³/mol. The Kier molecular flexibility index (Phi) is 14.7. The van der Waals surface area contributed by atoms with E-state index >= 15 is 0 Å². The number of aliphatic hydroxyl groups is 1. The summed E-state index contributed by atoms with van der Waals surface area (Å²) in [6.45, 7) is 5.23. The van der Waals surface area contributed by atoms with Crippen molar-refractivity contribution in [3.8, 4) is 0 Å². The molecule has 0 saturated carbocycles. The summed E-state index contributed by atoms with van der Waals surface area (Å²) in [7, 11) is 0. The number of amides is 4. The number of carbonyl (C=O) groups is 5. The second kappa shape index (κ2) is 16.0. The summed E-state index contributed by atoms with van der Waals surface area (Å²) in [5, 5.41) is 26.2. The summed E-state index contributed by atoms with van der Waals surface area (Å²) >= 11 is 0. The van der Waals surface area contributed by atoms with E-state index in [2.05, 4.69) is 16.0 Å². The van der Waals surface area contributed by atoms with Crippen molar-refractivity contribution in [2.45, 2.75) is 89.6 Å². The maximum atomic E-state index is 13.0. The van der Waals surface area contributed by atoms with Crippen molar-refractivity contribution in [1.29, 1.82) is 0 Å². The molecule has 0 saturated heterocycles. The smallest absolute Gasteiger partial charge is 0.328 e. The molecule has 5 unspecified atom stereocenters. The first-order valence-corrected chi connectivity index (χ1v) is 11.4. The first-order chi connectivity index (χ1) is 15.8. The lowest BCUT2D eigenvalue weighted by atomic mass is 10.0. The SMILES string of the molecule is CC(C)CC(NC(=O)C(CCCCN)NC(=O)C(N)CCC(N)=O)C(=O)NC(C(=O)O)C(C)O. The van der Waals surface area contributed by atoms with Gasteiger partial charge in [-0.15, -0.1) is 0 Å². The molecular formula is C21H40N6O7. The first-order valence-electron chi connectivity index (χ1n) is 11.4. The average Bonchev–Trinajstić information content (AvgIpc) is 2.73. The van der Waals surface area contributed by atoms with E-state index < -0.39 is 59.9 Å². The number of unbranched alkanes of at least 4 members (excludes halogenated alkanes) is 1. The first kappa shape index (κ1) is 31.2. The Balaban J connectivity index is 5.48. The van der Waals surface area contributed by atoms with E-state index in [0.717, 1.165) is 0 Å². The molecule has 196 valence electrons. The van der Waals surface area contributed by atoms with Gasteiger partial charge in [0.05, 0.1) is 12.1 Å². The van der Waals surface area contributed by atoms with Crippen LogP contribution in [0.2, 0.25) is 0 Å². The molecule has 0 spiro atoms. The van der Waals surface area contributed by atoms with E-state index in [1.807, 2.05) is 13.8 Å². The molecule has 0 aliphatic heterocycles. The van der Waals surface area contributed by atoms with Crippen LogP contribution in [-0.4, -0.2) is 76.6 Å². The second-order valence-electron chi connectivity index (χ2n) is 8.71. The number of nitrogens with one attached hydrogen (secondary N) is 3. The molecular weight excluding hydrogens is 448 g/mol. The van der Waals surface area contributed by atoms with Gasteiger partial charge in [-0.1, -0.05) is 13.8 Å². The van der Waals surface area contributed by atoms with Gasteiger partial charge in [-0.05, 0) is 51.5 Å². The number of hydrogen-bond acceptors (Lipinski definition) is 8. The van der Waals surface area contributed by atoms with Crippen LogP contribution in [-0.2, 0) is 24.0 Å². The summed E-state index contributed by atoms with van der Waals surface area (Å²) in [6.07, 6.45) is 0.0649. The summed E-state index contributed by atoms with van der Waals surface area (Å²) < 4.78 is 0. The number of aliphatic carboxylic acids is 1. The van der Waals surface area contributed by atoms with Crippen molar-refractivity contribution in [2.75, 3.05) is 6.54 Å². The molecule has 34 heavy (non-hydrogen) atoms. The van der Waals surface area contributed by atoms with Crippen molar-refractivity contribution in [1.82, 2.24) is 16.0 Å². The van der Waals surface area contributed by atoms with Crippen LogP contribution in [0.5, 0.6) is 0 Å². The number of carboxylic acid groups (broad SMARTS) is 1. The molecule has 0 aliphatic carbocycles. The van der Waals surface area contributed by atoms with Gasteiger partial charge in [-0.2, -0.15) is 0 Å². The molecule has 11 N–H and O–H groups in total. The van der Waals surface area contributed by atoms with E-state index in [1.165, 1.54) is 6.92 Å². The van der Waals surface area contributed by atoms with Crippen LogP contribution < -0.4 is 33.2 Å². The lowest BCUT2D eigenvalue weighted by Crippen LogP contribution is -2.58. The maximum Gasteiger partial charge on any atom is 0.328 e. The molecule has 13 heteroatoms. The van der Waals surface area contributed by atoms with Crippen LogP contribution in [0.4, 0.5) is 0 Å². The summed E-state index contributed by atoms with van der Waals surface area (Å²) in [4.78, 5) is 60.4. The van der Waals surface area contributed by atoms with Gasteiger partial charge >= 0.3 is 5.97 Å². The highest BCUT2D eigenvalue weighted by Crippen LogP contribution is 2.09. The normalized spacial score (nSPS) is 15.5. The average molecular weight is 489 g/mol. The third-order valence-corrected chi connectivity index (χ3v) is 5.00. The lowest BCUT2D eigenvalue weighted by molar-refractivity contribution is -0.145. The van der Waals surface area contributed by atoms with Gasteiger partial charge < -0.3 is 43.4 Å². The van der Waals surface area contributed by atoms with Gasteiger partial charge in [-0.3, -0.25) is 19.2 Å². The van der Waals surface area contributed by atoms with Crippen molar-refractivity contribution in [2.24, 2.45) is 23.1 Å². The fraction of sp³-hybridized carbons (Fsp3) is 0.762. The van der Waals surface area contributed by atoms with Gasteiger partial charge in [0.1, 0.15) is 12.1 Å². The zero-order valence-corrected chi connectivity index (χ0v) is 20.1. The number of aliphatic hydroxyl groups excluding tert-OH is 1. The number of nitrogens with two attached hydrogens (primary N) is 3. The molecule has 0 aromatic rings. The number of primary amides is 1. The van der Waals surface area contributed by atoms with Crippen molar-refractivity contribution in [3.05, 3.63) is 0 Å². The minimum atomic E-state index is -1.55. The molecule has 0 aliphatic rings. The van der Waals surface area contributed by atoms with E-state index in [0.29, 0.717) is 19.4 Å². The van der Waals surface area contributed by atoms with Crippen LogP contribution in [0, 0.1) is 5.92 Å². The fourth-order valence-electron chi connectivity index (χ4n) is 3.09. The predicted octanol–water partition coefficient (Wildman–Crippen LogP) is -2.33. The minimum absolute atomic E-state index is 0.00655. The minimum Gasteiger partial charge on any atom is -0.480 e. The third-order valence-electron chi connectivity index (χ3n) is 5.00. The van der Waals surface area contributed by atoms with E-state index in [-0.39, 0.29) is 31.6 Å². The molecule has 0 heterocycles. The second-order valence-corrected chi connectivity index (χ2v) is 8.71. The van der Waals surface area contributed by atoms with Crippen LogP contribution in [0.3, 0.4) is 0 Å². The van der Waals surface area contributed by atoms with E-state index in [9.17, 15) is 34.2 Å². The molecule has 5 atom stereocenters. The Labute approximate surface area is 199 Å². The molecule has 0 fully saturated rings. The number of hydrogen-bond donors (Lipinski definition) is 8. The van der Waals surface area contributed by atoms with Gasteiger partial charge in [0.15, 0.2) is 6.04 Å². The van der Waals surface area contributed by atoms with Crippen molar-refractivity contribution >= 4 is 29.6 Å². The molecule has 4 amide bonds. The van der Waals surface area contributed by atoms with Crippen LogP contribution in [0.25, 0.3) is 0 Å². The van der Waals surface area contributed by atoms with Crippen LogP contribution >= 0.6 is 0 Å². The van der Waals surface area contributed by atoms with Crippen LogP contribution in [0.1, 0.15) is 59.3 Å². The zero-order chi connectivity index (χ0) is 26.4. The molecule has 13 nitrogen and oxygen atoms in total. The number of carboxylic acids is 1. The monoisotopic (exact) mass is 488 g/mol. The van der Waals surface area contributed by atoms with Gasteiger partial charge in [0.25, 0.3) is 0 Å². The largest absolute Gasteiger partial charge is 0.480 e. The molecule has 0 radical (unpaired) electrons. The number of rotatable bonds is 17. The fourth-order valence-corrected chi connectivity index (χ4v) is 3.09. The Bertz CT molecular complexity index is 701. The Morgan fingerprint density at radius 2 is 1.41 bits per heavy atom. The highest BCUT2D eigenvalue weighted by Gasteiger charge is 2.32. The van der Waals surface area contributed by atoms with E-state index in [1.54, 1.807) is 0 Å². The standard InChI is InChI=1S/C21H40N6O7/c1-11(2)10-15(20(32)27-17(12(3)28)21(33)34)26-19(31)14(6-4-5-9-22)25-18(30)13(23)7-8-16(24)29/h11-15,17,28H,4-10,22-23H2,1-3H3,(H2,24,29)(H,25,30)(H,26,31)(H,27,32)(H,33,34). The Morgan fingerprint density at radius 3 is 1.88 bits per heavy atom. The highest BCUT2D eigenvalue weighted by molar-refractivity contribution is 5.94. The van der Waals surface area contributed by atoms with Gasteiger partial charge in [-0.25, -0.2) is 4.79 Å². The van der Waals surface area contributed by atoms with Crippen LogP contribution in [0.15, 0.2) is 0 Å². The Morgan fingerprint density at radius 1 is 0.853 bits per heavy atom. The lowest BCUT2D eigenvalue weighted by Gasteiger charge is -2.26. The molecule has 0 bridgehead atoms. The van der Waals surface area contributed by atoms with Crippen molar-refractivity contribution < 1.29 is 34.2 Å². The zero-order valence-electron chi connectivity index (χ0n) is 20.1. The maximum absolute atomic E-state index is 13.0. The molecule has 0 aromatic carbocycles. The summed E-state index contributed by atoms with van der Waals surface area (Å²) in [5.41, 5.74) is 16.4. The molecule has 0 rings (SSSR count). The van der Waals surface area contributed by atoms with Gasteiger partial charge in [0, 0.05) is 6.42 Å². The van der Waals surface area contributed by atoms with E-state index in [4.69, 9.17) is 17.2 Å². The molecule has 0 aromatic heterocycles. The topological polar surface area (TPSA) is 240 Å².